The van der Waals surface area contributed by atoms with Gasteiger partial charge in [-0.3, -0.25) is 0 Å². The molecule has 0 atom stereocenters. The van der Waals surface area contributed by atoms with Crippen molar-refractivity contribution in [2.24, 2.45) is 5.73 Å². The van der Waals surface area contributed by atoms with Gasteiger partial charge in [-0.25, -0.2) is 9.97 Å². The van der Waals surface area contributed by atoms with Crippen molar-refractivity contribution in [3.63, 3.8) is 0 Å². The number of nitrogens with zero attached hydrogens (tertiary/aromatic N) is 2. The Morgan fingerprint density at radius 1 is 1.43 bits per heavy atom. The van der Waals surface area contributed by atoms with E-state index in [0.717, 1.165) is 47.9 Å². The summed E-state index contributed by atoms with van der Waals surface area (Å²) in [7, 11) is 0. The van der Waals surface area contributed by atoms with Crippen LogP contribution < -0.4 is 11.1 Å². The molecule has 0 spiro atoms. The topological polar surface area (TPSA) is 63.8 Å². The molecule has 0 saturated carbocycles. The van der Waals surface area contributed by atoms with Crippen molar-refractivity contribution < 1.29 is 0 Å². The molecule has 0 aliphatic heterocycles. The molecule has 4 nitrogen and oxygen atoms in total. The van der Waals surface area contributed by atoms with Gasteiger partial charge in [-0.05, 0) is 37.8 Å². The van der Waals surface area contributed by atoms with Crippen LogP contribution in [0.5, 0.6) is 0 Å². The zero-order valence-electron chi connectivity index (χ0n) is 12.0. The number of nitrogens with one attached hydrogen (secondary N) is 1. The number of thiazole rings is 1. The number of thiocarbonyl (C=S) groups is 1. The second kappa shape index (κ2) is 6.07. The molecule has 0 radical (unpaired) electrons. The lowest BCUT2D eigenvalue weighted by molar-refractivity contribution is 0.898. The second-order valence-corrected chi connectivity index (χ2v) is 6.65. The molecule has 21 heavy (non-hydrogen) atoms. The highest BCUT2D eigenvalue weighted by atomic mass is 32.1. The molecule has 3 N–H and O–H groups in total. The highest BCUT2D eigenvalue weighted by molar-refractivity contribution is 7.80. The third-order valence-corrected chi connectivity index (χ3v) is 4.86. The summed E-state index contributed by atoms with van der Waals surface area (Å²) >= 11 is 6.85. The van der Waals surface area contributed by atoms with Gasteiger partial charge in [-0.1, -0.05) is 12.2 Å². The van der Waals surface area contributed by atoms with Crippen molar-refractivity contribution in [1.29, 1.82) is 0 Å². The van der Waals surface area contributed by atoms with Crippen molar-refractivity contribution in [3.8, 4) is 0 Å². The molecule has 0 bridgehead atoms. The first-order valence-electron chi connectivity index (χ1n) is 7.11. The van der Waals surface area contributed by atoms with E-state index in [2.05, 4.69) is 21.7 Å². The number of rotatable bonds is 5. The Hall–Kier alpha value is -1.53. The van der Waals surface area contributed by atoms with Gasteiger partial charge < -0.3 is 11.1 Å². The van der Waals surface area contributed by atoms with Crippen molar-refractivity contribution >= 4 is 34.4 Å². The highest BCUT2D eigenvalue weighted by Crippen LogP contribution is 2.25. The van der Waals surface area contributed by atoms with Crippen molar-refractivity contribution in [1.82, 2.24) is 9.97 Å². The molecule has 1 aliphatic rings. The third kappa shape index (κ3) is 3.22. The number of hydrogen-bond donors (Lipinski definition) is 2. The predicted molar refractivity (Wildman–Crippen MR) is 91.2 cm³/mol. The molecular weight excluding hydrogens is 300 g/mol. The van der Waals surface area contributed by atoms with Crippen LogP contribution in [0.1, 0.15) is 33.9 Å². The summed E-state index contributed by atoms with van der Waals surface area (Å²) in [6, 6.07) is 2.10. The number of nitrogens with two attached hydrogens (primary N) is 1. The fourth-order valence-electron chi connectivity index (χ4n) is 2.60. The molecular formula is C15H18N4S2. The third-order valence-electron chi connectivity index (χ3n) is 3.61. The van der Waals surface area contributed by atoms with Crippen LogP contribution in [0.4, 0.5) is 5.82 Å². The number of aromatic nitrogens is 2. The Kier molecular flexibility index (Phi) is 4.17. The lowest BCUT2D eigenvalue weighted by atomic mass is 10.1. The van der Waals surface area contributed by atoms with E-state index >= 15 is 0 Å². The van der Waals surface area contributed by atoms with Crippen molar-refractivity contribution in [2.75, 3.05) is 11.9 Å². The summed E-state index contributed by atoms with van der Waals surface area (Å²) < 4.78 is 0. The maximum Gasteiger partial charge on any atom is 0.136 e. The lowest BCUT2D eigenvalue weighted by Crippen LogP contribution is -2.17. The van der Waals surface area contributed by atoms with Crippen LogP contribution >= 0.6 is 23.6 Å². The van der Waals surface area contributed by atoms with Gasteiger partial charge in [-0.2, -0.15) is 0 Å². The largest absolute Gasteiger partial charge is 0.389 e. The number of aryl methyl sites for hydroxylation is 3. The van der Waals surface area contributed by atoms with Crippen LogP contribution in [0, 0.1) is 6.92 Å². The molecule has 0 saturated heterocycles. The molecule has 0 amide bonds. The summed E-state index contributed by atoms with van der Waals surface area (Å²) in [5, 5.41) is 6.58. The van der Waals surface area contributed by atoms with Crippen LogP contribution in [0.2, 0.25) is 0 Å². The number of fused-ring (bicyclic) bond motifs is 1. The Labute approximate surface area is 133 Å². The number of anilines is 1. The average Bonchev–Trinajstić information content (AvgIpc) is 3.06. The normalized spacial score (nSPS) is 13.2. The van der Waals surface area contributed by atoms with Gasteiger partial charge in [0, 0.05) is 29.7 Å². The monoisotopic (exact) mass is 318 g/mol. The molecule has 2 aromatic rings. The minimum absolute atomic E-state index is 0.407. The maximum absolute atomic E-state index is 5.84. The van der Waals surface area contributed by atoms with Crippen LogP contribution in [0.15, 0.2) is 11.4 Å². The first-order chi connectivity index (χ1) is 10.1. The minimum Gasteiger partial charge on any atom is -0.389 e. The zero-order chi connectivity index (χ0) is 14.8. The molecule has 2 aromatic heterocycles. The molecule has 0 aromatic carbocycles. The average molecular weight is 318 g/mol. The number of pyridine rings is 1. The van der Waals surface area contributed by atoms with Crippen LogP contribution in [0.25, 0.3) is 0 Å². The summed E-state index contributed by atoms with van der Waals surface area (Å²) in [5.74, 6) is 0.816. The zero-order valence-corrected chi connectivity index (χ0v) is 13.6. The Morgan fingerprint density at radius 3 is 3.00 bits per heavy atom. The predicted octanol–water partition coefficient (Wildman–Crippen LogP) is 2.62. The molecule has 110 valence electrons. The molecule has 0 fully saturated rings. The van der Waals surface area contributed by atoms with E-state index in [9.17, 15) is 0 Å². The van der Waals surface area contributed by atoms with Crippen molar-refractivity contribution in [3.05, 3.63) is 39.0 Å². The maximum atomic E-state index is 5.84. The Balaban J connectivity index is 1.73. The summed E-state index contributed by atoms with van der Waals surface area (Å²) in [6.07, 6.45) is 4.18. The van der Waals surface area contributed by atoms with Gasteiger partial charge in [-0.15, -0.1) is 11.3 Å². The minimum atomic E-state index is 0.407. The second-order valence-electron chi connectivity index (χ2n) is 5.27. The van der Waals surface area contributed by atoms with Gasteiger partial charge in [0.25, 0.3) is 0 Å². The van der Waals surface area contributed by atoms with E-state index in [4.69, 9.17) is 22.9 Å². The van der Waals surface area contributed by atoms with E-state index in [1.165, 1.54) is 17.7 Å². The van der Waals surface area contributed by atoms with Crippen LogP contribution in [-0.4, -0.2) is 21.5 Å². The molecule has 0 unspecified atom stereocenters. The van der Waals surface area contributed by atoms with E-state index in [-0.39, 0.29) is 0 Å². The van der Waals surface area contributed by atoms with E-state index in [1.807, 2.05) is 6.92 Å². The summed E-state index contributed by atoms with van der Waals surface area (Å²) in [5.41, 5.74) is 10.2. The highest BCUT2D eigenvalue weighted by Gasteiger charge is 2.17. The summed E-state index contributed by atoms with van der Waals surface area (Å²) in [6.45, 7) is 2.80. The van der Waals surface area contributed by atoms with Crippen LogP contribution in [-0.2, 0) is 19.3 Å². The van der Waals surface area contributed by atoms with E-state index < -0.39 is 0 Å². The number of hydrogen-bond acceptors (Lipinski definition) is 5. The first kappa shape index (κ1) is 14.4. The first-order valence-corrected chi connectivity index (χ1v) is 8.40. The fraction of sp³-hybridized carbons (Fsp3) is 0.400. The van der Waals surface area contributed by atoms with Gasteiger partial charge in [0.2, 0.25) is 0 Å². The molecule has 6 heteroatoms. The van der Waals surface area contributed by atoms with Gasteiger partial charge in [0.05, 0.1) is 10.6 Å². The fourth-order valence-corrected chi connectivity index (χ4v) is 3.53. The quantitative estimate of drug-likeness (QED) is 0.830. The van der Waals surface area contributed by atoms with Gasteiger partial charge >= 0.3 is 0 Å². The Morgan fingerprint density at radius 2 is 2.29 bits per heavy atom. The Bertz CT molecular complexity index is 678. The van der Waals surface area contributed by atoms with Gasteiger partial charge in [0.15, 0.2) is 0 Å². The molecule has 3 rings (SSSR count). The smallest absolute Gasteiger partial charge is 0.136 e. The van der Waals surface area contributed by atoms with Gasteiger partial charge in [0.1, 0.15) is 10.8 Å². The van der Waals surface area contributed by atoms with E-state index in [0.29, 0.717) is 4.99 Å². The summed E-state index contributed by atoms with van der Waals surface area (Å²) in [4.78, 5) is 9.59. The molecule has 2 heterocycles. The van der Waals surface area contributed by atoms with Crippen molar-refractivity contribution in [2.45, 2.75) is 32.6 Å². The van der Waals surface area contributed by atoms with Crippen LogP contribution in [0.3, 0.4) is 0 Å². The molecule has 1 aliphatic carbocycles. The SMILES string of the molecule is Cc1csc(CCNc2nc3c(cc2C(N)=S)CCC3)n1. The standard InChI is InChI=1S/C15H18N4S2/c1-9-8-21-13(18-9)5-6-17-15-11(14(16)20)7-10-3-2-4-12(10)19-15/h7-8H,2-6H2,1H3,(H2,16,20)(H,17,19). The lowest BCUT2D eigenvalue weighted by Gasteiger charge is -2.12. The van der Waals surface area contributed by atoms with E-state index in [1.54, 1.807) is 11.3 Å².